The van der Waals surface area contributed by atoms with Crippen LogP contribution in [0.1, 0.15) is 23.7 Å². The lowest BCUT2D eigenvalue weighted by Crippen LogP contribution is -2.41. The molecule has 0 saturated carbocycles. The maximum Gasteiger partial charge on any atom is 0.200 e. The molecule has 0 amide bonds. The molecule has 0 saturated heterocycles. The molecule has 0 heterocycles. The van der Waals surface area contributed by atoms with Gasteiger partial charge in [0.05, 0.1) is 0 Å². The van der Waals surface area contributed by atoms with Gasteiger partial charge in [-0.25, -0.2) is 4.84 Å². The van der Waals surface area contributed by atoms with Crippen LogP contribution in [-0.2, 0) is 4.84 Å². The van der Waals surface area contributed by atoms with E-state index in [-0.39, 0.29) is 12.4 Å². The summed E-state index contributed by atoms with van der Waals surface area (Å²) in [5.41, 5.74) is 0.448. The average molecular weight is 227 g/mol. The van der Waals surface area contributed by atoms with Gasteiger partial charge in [-0.05, 0) is 30.7 Å². The summed E-state index contributed by atoms with van der Waals surface area (Å²) in [7, 11) is 0. The van der Waals surface area contributed by atoms with E-state index in [1.807, 2.05) is 0 Å². The van der Waals surface area contributed by atoms with Crippen molar-refractivity contribution in [1.29, 1.82) is 0 Å². The minimum Gasteiger partial charge on any atom is -0.519 e. The summed E-state index contributed by atoms with van der Waals surface area (Å²) in [6.45, 7) is 1.87. The summed E-state index contributed by atoms with van der Waals surface area (Å²) in [6.07, 6.45) is 1.24. The van der Waals surface area contributed by atoms with Crippen molar-refractivity contribution in [2.75, 3.05) is 6.61 Å². The standard InChI is InChI=1S/C10H13NO5/c1-2-7-15-11(13,14)16-10-5-3-9(8-12)4-6-10/h3-6,8,13H,2,7H2,1H3. The Hall–Kier alpha value is -1.47. The predicted octanol–water partition coefficient (Wildman–Crippen LogP) is 1.84. The number of hydrogen-bond acceptors (Lipinski definition) is 5. The number of quaternary nitrogens is 1. The predicted molar refractivity (Wildman–Crippen MR) is 54.1 cm³/mol. The molecule has 0 bridgehead atoms. The maximum atomic E-state index is 11.2. The van der Waals surface area contributed by atoms with Crippen molar-refractivity contribution in [2.24, 2.45) is 0 Å². The van der Waals surface area contributed by atoms with Gasteiger partial charge in [-0.15, -0.1) is 10.0 Å². The molecule has 6 nitrogen and oxygen atoms in total. The van der Waals surface area contributed by atoms with Gasteiger partial charge in [0.25, 0.3) is 0 Å². The van der Waals surface area contributed by atoms with Crippen molar-refractivity contribution in [1.82, 2.24) is 0 Å². The van der Waals surface area contributed by atoms with E-state index in [2.05, 4.69) is 9.68 Å². The molecule has 6 heteroatoms. The normalized spacial score (nSPS) is 14.2. The molecule has 0 spiro atoms. The van der Waals surface area contributed by atoms with E-state index in [1.54, 1.807) is 6.92 Å². The van der Waals surface area contributed by atoms with Gasteiger partial charge in [-0.2, -0.15) is 0 Å². The zero-order chi connectivity index (χ0) is 12.0. The lowest BCUT2D eigenvalue weighted by atomic mass is 10.2. The highest BCUT2D eigenvalue weighted by Crippen LogP contribution is 2.15. The first-order valence-corrected chi connectivity index (χ1v) is 4.79. The first-order chi connectivity index (χ1) is 7.57. The van der Waals surface area contributed by atoms with E-state index in [9.17, 15) is 10.0 Å². The monoisotopic (exact) mass is 227 g/mol. The molecule has 0 aliphatic heterocycles. The van der Waals surface area contributed by atoms with Gasteiger partial charge in [-0.3, -0.25) is 4.79 Å². The molecule has 0 aliphatic rings. The number of hydrogen-bond donors (Lipinski definition) is 1. The van der Waals surface area contributed by atoms with Crippen LogP contribution in [0.25, 0.3) is 0 Å². The largest absolute Gasteiger partial charge is 0.519 e. The van der Waals surface area contributed by atoms with Crippen LogP contribution in [0.15, 0.2) is 24.3 Å². The quantitative estimate of drug-likeness (QED) is 0.455. The number of benzene rings is 1. The van der Waals surface area contributed by atoms with Gasteiger partial charge in [0.15, 0.2) is 5.75 Å². The molecular weight excluding hydrogens is 214 g/mol. The summed E-state index contributed by atoms with van der Waals surface area (Å²) in [4.78, 5) is 19.5. The van der Waals surface area contributed by atoms with E-state index in [0.717, 1.165) is 0 Å². The SMILES string of the molecule is CCCO[N+]([O-])(O)Oc1ccc(C=O)cc1. The third-order valence-corrected chi connectivity index (χ3v) is 1.70. The Labute approximate surface area is 92.7 Å². The minimum absolute atomic E-state index is 0.0758. The first kappa shape index (κ1) is 12.6. The number of rotatable bonds is 6. The van der Waals surface area contributed by atoms with Gasteiger partial charge in [0, 0.05) is 5.56 Å². The summed E-state index contributed by atoms with van der Waals surface area (Å²) in [5, 5.41) is 18.0. The molecule has 16 heavy (non-hydrogen) atoms. The molecule has 1 rings (SSSR count). The van der Waals surface area contributed by atoms with Crippen LogP contribution in [0.2, 0.25) is 0 Å². The summed E-state index contributed by atoms with van der Waals surface area (Å²) >= 11 is 0. The van der Waals surface area contributed by atoms with Crippen molar-refractivity contribution < 1.29 is 24.8 Å². The van der Waals surface area contributed by atoms with Crippen LogP contribution < -0.4 is 4.84 Å². The highest BCUT2D eigenvalue weighted by Gasteiger charge is 2.18. The van der Waals surface area contributed by atoms with E-state index in [4.69, 9.17) is 5.21 Å². The van der Waals surface area contributed by atoms with Gasteiger partial charge >= 0.3 is 0 Å². The van der Waals surface area contributed by atoms with Crippen molar-refractivity contribution >= 4 is 6.29 Å². The van der Waals surface area contributed by atoms with Gasteiger partial charge < -0.3 is 5.21 Å². The molecular formula is C10H13NO5. The minimum atomic E-state index is -2.24. The first-order valence-electron chi connectivity index (χ1n) is 4.79. The number of aldehydes is 1. The fraction of sp³-hybridized carbons (Fsp3) is 0.300. The Balaban J connectivity index is 2.60. The Morgan fingerprint density at radius 2 is 2.06 bits per heavy atom. The average Bonchev–Trinajstić information content (AvgIpc) is 2.27. The van der Waals surface area contributed by atoms with Crippen LogP contribution in [0.3, 0.4) is 0 Å². The fourth-order valence-electron chi connectivity index (χ4n) is 0.973. The Morgan fingerprint density at radius 1 is 1.44 bits per heavy atom. The molecule has 1 aromatic rings. The van der Waals surface area contributed by atoms with Crippen molar-refractivity contribution in [3.05, 3.63) is 35.0 Å². The van der Waals surface area contributed by atoms with E-state index < -0.39 is 5.14 Å². The van der Waals surface area contributed by atoms with Crippen molar-refractivity contribution in [3.8, 4) is 5.75 Å². The second kappa shape index (κ2) is 5.57. The van der Waals surface area contributed by atoms with E-state index in [0.29, 0.717) is 18.3 Å². The zero-order valence-electron chi connectivity index (χ0n) is 8.83. The second-order valence-corrected chi connectivity index (χ2v) is 3.08. The lowest BCUT2D eigenvalue weighted by molar-refractivity contribution is -1.32. The topological polar surface area (TPSA) is 78.8 Å². The second-order valence-electron chi connectivity index (χ2n) is 3.08. The molecule has 88 valence electrons. The molecule has 0 aliphatic carbocycles. The van der Waals surface area contributed by atoms with Gasteiger partial charge in [-0.1, -0.05) is 6.92 Å². The van der Waals surface area contributed by atoms with Crippen LogP contribution in [0.5, 0.6) is 5.75 Å². The van der Waals surface area contributed by atoms with Crippen molar-refractivity contribution in [3.63, 3.8) is 0 Å². The highest BCUT2D eigenvalue weighted by molar-refractivity contribution is 5.74. The number of carbonyl (C=O) groups excluding carboxylic acids is 1. The van der Waals surface area contributed by atoms with Gasteiger partial charge in [0.1, 0.15) is 18.0 Å². The number of carbonyl (C=O) groups is 1. The van der Waals surface area contributed by atoms with Crippen molar-refractivity contribution in [2.45, 2.75) is 13.3 Å². The Morgan fingerprint density at radius 3 is 2.56 bits per heavy atom. The molecule has 0 aromatic heterocycles. The molecule has 1 unspecified atom stereocenters. The van der Waals surface area contributed by atoms with E-state index >= 15 is 0 Å². The maximum absolute atomic E-state index is 11.2. The molecule has 1 atom stereocenters. The van der Waals surface area contributed by atoms with Gasteiger partial charge in [0.2, 0.25) is 0 Å². The molecule has 0 radical (unpaired) electrons. The number of nitrogens with zero attached hydrogens (tertiary/aromatic N) is 1. The van der Waals surface area contributed by atoms with Crippen LogP contribution >= 0.6 is 0 Å². The van der Waals surface area contributed by atoms with E-state index in [1.165, 1.54) is 24.3 Å². The van der Waals surface area contributed by atoms with Crippen LogP contribution in [0, 0.1) is 5.21 Å². The summed E-state index contributed by atoms with van der Waals surface area (Å²) < 4.78 is 0. The molecule has 1 aromatic carbocycles. The Bertz CT molecular complexity index is 336. The zero-order valence-corrected chi connectivity index (χ0v) is 8.83. The summed E-state index contributed by atoms with van der Waals surface area (Å²) in [5.74, 6) is 0.110. The molecule has 1 N–H and O–H groups in total. The van der Waals surface area contributed by atoms with Crippen LogP contribution in [0.4, 0.5) is 0 Å². The lowest BCUT2D eigenvalue weighted by Gasteiger charge is -2.26. The third-order valence-electron chi connectivity index (χ3n) is 1.70. The third kappa shape index (κ3) is 3.95. The molecule has 0 fully saturated rings. The smallest absolute Gasteiger partial charge is 0.200 e. The summed E-state index contributed by atoms with van der Waals surface area (Å²) in [6, 6.07) is 5.70. The highest BCUT2D eigenvalue weighted by atomic mass is 17.3. The Kier molecular flexibility index (Phi) is 4.39. The fourth-order valence-corrected chi connectivity index (χ4v) is 0.973. The van der Waals surface area contributed by atoms with Crippen LogP contribution in [-0.4, -0.2) is 23.2 Å².